The second-order valence-electron chi connectivity index (χ2n) is 8.50. The lowest BCUT2D eigenvalue weighted by atomic mass is 9.92. The van der Waals surface area contributed by atoms with Gasteiger partial charge >= 0.3 is 0 Å². The van der Waals surface area contributed by atoms with Crippen molar-refractivity contribution in [1.82, 2.24) is 19.3 Å². The van der Waals surface area contributed by atoms with Gasteiger partial charge in [-0.15, -0.1) is 0 Å². The fourth-order valence-electron chi connectivity index (χ4n) is 4.94. The van der Waals surface area contributed by atoms with Crippen molar-refractivity contribution in [2.75, 3.05) is 0 Å². The van der Waals surface area contributed by atoms with E-state index in [9.17, 15) is 8.42 Å². The summed E-state index contributed by atoms with van der Waals surface area (Å²) in [5.41, 5.74) is 4.13. The van der Waals surface area contributed by atoms with Crippen LogP contribution in [0.25, 0.3) is 11.2 Å². The molecule has 6 nitrogen and oxygen atoms in total. The Labute approximate surface area is 177 Å². The Hall–Kier alpha value is -2.25. The molecule has 1 N–H and O–H groups in total. The van der Waals surface area contributed by atoms with Crippen LogP contribution in [0.2, 0.25) is 0 Å². The van der Waals surface area contributed by atoms with Gasteiger partial charge in [-0.2, -0.15) is 0 Å². The molecule has 2 aromatic heterocycles. The Kier molecular flexibility index (Phi) is 5.33. The van der Waals surface area contributed by atoms with Gasteiger partial charge in [0.1, 0.15) is 11.3 Å². The van der Waals surface area contributed by atoms with E-state index in [1.54, 1.807) is 12.3 Å². The summed E-state index contributed by atoms with van der Waals surface area (Å²) in [5, 5.41) is 0. The Morgan fingerprint density at radius 3 is 2.63 bits per heavy atom. The van der Waals surface area contributed by atoms with Crippen molar-refractivity contribution in [2.24, 2.45) is 0 Å². The fourth-order valence-corrected chi connectivity index (χ4v) is 5.97. The molecule has 5 rings (SSSR count). The first-order valence-electron chi connectivity index (χ1n) is 11.1. The minimum Gasteiger partial charge on any atom is -0.308 e. The molecule has 1 aromatic carbocycles. The summed E-state index contributed by atoms with van der Waals surface area (Å²) >= 11 is 0. The maximum absolute atomic E-state index is 13.0. The van der Waals surface area contributed by atoms with Crippen LogP contribution < -0.4 is 4.72 Å². The molecule has 2 heterocycles. The quantitative estimate of drug-likeness (QED) is 0.663. The third-order valence-electron chi connectivity index (χ3n) is 6.51. The van der Waals surface area contributed by atoms with Crippen LogP contribution in [0, 0.1) is 0 Å². The van der Waals surface area contributed by atoms with E-state index in [4.69, 9.17) is 4.98 Å². The zero-order valence-electron chi connectivity index (χ0n) is 17.2. The first-order valence-corrected chi connectivity index (χ1v) is 12.5. The molecule has 0 radical (unpaired) electrons. The van der Waals surface area contributed by atoms with E-state index < -0.39 is 10.0 Å². The second kappa shape index (κ2) is 8.12. The third-order valence-corrected chi connectivity index (χ3v) is 7.91. The average molecular weight is 425 g/mol. The van der Waals surface area contributed by atoms with Gasteiger partial charge in [0.15, 0.2) is 5.65 Å². The number of hydrogen-bond acceptors (Lipinski definition) is 4. The van der Waals surface area contributed by atoms with E-state index in [1.165, 1.54) is 36.8 Å². The summed E-state index contributed by atoms with van der Waals surface area (Å²) in [7, 11) is -3.60. The number of aryl methyl sites for hydroxylation is 2. The predicted molar refractivity (Wildman–Crippen MR) is 117 cm³/mol. The van der Waals surface area contributed by atoms with E-state index in [-0.39, 0.29) is 6.54 Å². The minimum atomic E-state index is -3.60. The van der Waals surface area contributed by atoms with Crippen LogP contribution in [0.1, 0.15) is 67.9 Å². The number of pyridine rings is 1. The Bertz CT molecular complexity index is 1160. The molecule has 0 spiro atoms. The van der Waals surface area contributed by atoms with Gasteiger partial charge in [0, 0.05) is 12.2 Å². The lowest BCUT2D eigenvalue weighted by Crippen LogP contribution is -2.26. The monoisotopic (exact) mass is 424 g/mol. The molecule has 158 valence electrons. The predicted octanol–water partition coefficient (Wildman–Crippen LogP) is 4.29. The fraction of sp³-hybridized carbons (Fsp3) is 0.478. The minimum absolute atomic E-state index is 0.173. The van der Waals surface area contributed by atoms with Crippen LogP contribution in [-0.4, -0.2) is 23.0 Å². The molecule has 0 unspecified atom stereocenters. The average Bonchev–Trinajstić information content (AvgIpc) is 3.16. The highest BCUT2D eigenvalue weighted by atomic mass is 32.2. The third kappa shape index (κ3) is 3.76. The van der Waals surface area contributed by atoms with Crippen molar-refractivity contribution < 1.29 is 8.42 Å². The summed E-state index contributed by atoms with van der Waals surface area (Å²) in [4.78, 5) is 9.63. The zero-order chi connectivity index (χ0) is 20.6. The summed E-state index contributed by atoms with van der Waals surface area (Å²) in [6.07, 6.45) is 11.9. The number of aromatic nitrogens is 3. The van der Waals surface area contributed by atoms with Crippen molar-refractivity contribution in [3.8, 4) is 0 Å². The van der Waals surface area contributed by atoms with E-state index in [2.05, 4.69) is 14.3 Å². The van der Waals surface area contributed by atoms with Gasteiger partial charge in [0.05, 0.1) is 11.4 Å². The zero-order valence-corrected chi connectivity index (χ0v) is 18.0. The Morgan fingerprint density at radius 2 is 1.80 bits per heavy atom. The lowest BCUT2D eigenvalue weighted by molar-refractivity contribution is 0.350. The van der Waals surface area contributed by atoms with Gasteiger partial charge in [0.25, 0.3) is 0 Å². The van der Waals surface area contributed by atoms with Gasteiger partial charge in [-0.05, 0) is 73.9 Å². The number of rotatable bonds is 5. The SMILES string of the molecule is O=S(=O)(NCc1nc2cccnc2n1C1CCCCC1)c1ccc2c(c1)CCCC2. The summed E-state index contributed by atoms with van der Waals surface area (Å²) in [6, 6.07) is 9.72. The molecule has 30 heavy (non-hydrogen) atoms. The molecular weight excluding hydrogens is 396 g/mol. The normalized spacial score (nSPS) is 17.9. The Balaban J connectivity index is 1.43. The van der Waals surface area contributed by atoms with Gasteiger partial charge in [-0.3, -0.25) is 0 Å². The highest BCUT2D eigenvalue weighted by Crippen LogP contribution is 2.32. The molecule has 0 aliphatic heterocycles. The standard InChI is InChI=1S/C23H28N4O2S/c28-30(29,20-13-12-17-7-4-5-8-18(17)15-20)25-16-22-26-21-11-6-14-24-23(21)27(22)19-9-2-1-3-10-19/h6,11-15,19,25H,1-5,7-10,16H2. The molecule has 0 amide bonds. The van der Waals surface area contributed by atoms with Gasteiger partial charge in [0.2, 0.25) is 10.0 Å². The van der Waals surface area contributed by atoms with Crippen LogP contribution in [0.5, 0.6) is 0 Å². The first kappa shape index (κ1) is 19.7. The Morgan fingerprint density at radius 1 is 1.00 bits per heavy atom. The van der Waals surface area contributed by atoms with Gasteiger partial charge < -0.3 is 4.57 Å². The van der Waals surface area contributed by atoms with Gasteiger partial charge in [-0.1, -0.05) is 25.3 Å². The number of nitrogens with one attached hydrogen (secondary N) is 1. The van der Waals surface area contributed by atoms with E-state index >= 15 is 0 Å². The van der Waals surface area contributed by atoms with Gasteiger partial charge in [-0.25, -0.2) is 23.1 Å². The molecule has 7 heteroatoms. The first-order chi connectivity index (χ1) is 14.6. The topological polar surface area (TPSA) is 76.9 Å². The molecule has 1 saturated carbocycles. The van der Waals surface area contributed by atoms with Crippen molar-refractivity contribution in [3.63, 3.8) is 0 Å². The number of sulfonamides is 1. The van der Waals surface area contributed by atoms with Crippen molar-refractivity contribution >= 4 is 21.2 Å². The van der Waals surface area contributed by atoms with Crippen LogP contribution in [0.15, 0.2) is 41.4 Å². The molecule has 1 fully saturated rings. The van der Waals surface area contributed by atoms with Crippen LogP contribution in [0.3, 0.4) is 0 Å². The van der Waals surface area contributed by atoms with Crippen LogP contribution in [-0.2, 0) is 29.4 Å². The number of benzene rings is 1. The maximum atomic E-state index is 13.0. The highest BCUT2D eigenvalue weighted by molar-refractivity contribution is 7.89. The van der Waals surface area contributed by atoms with Crippen molar-refractivity contribution in [3.05, 3.63) is 53.5 Å². The molecule has 2 aliphatic carbocycles. The summed E-state index contributed by atoms with van der Waals surface area (Å²) in [5.74, 6) is 0.747. The summed E-state index contributed by atoms with van der Waals surface area (Å²) < 4.78 is 31.0. The number of imidazole rings is 1. The van der Waals surface area contributed by atoms with E-state index in [0.717, 1.165) is 49.1 Å². The number of nitrogens with zero attached hydrogens (tertiary/aromatic N) is 3. The molecule has 2 aliphatic rings. The van der Waals surface area contributed by atoms with Crippen molar-refractivity contribution in [2.45, 2.75) is 75.3 Å². The van der Waals surface area contributed by atoms with Crippen LogP contribution in [0.4, 0.5) is 0 Å². The van der Waals surface area contributed by atoms with E-state index in [1.807, 2.05) is 24.3 Å². The van der Waals surface area contributed by atoms with Crippen molar-refractivity contribution in [1.29, 1.82) is 0 Å². The van der Waals surface area contributed by atoms with Crippen LogP contribution >= 0.6 is 0 Å². The largest absolute Gasteiger partial charge is 0.308 e. The molecule has 0 saturated heterocycles. The lowest BCUT2D eigenvalue weighted by Gasteiger charge is -2.25. The maximum Gasteiger partial charge on any atom is 0.240 e. The molecule has 3 aromatic rings. The number of fused-ring (bicyclic) bond motifs is 2. The summed E-state index contributed by atoms with van der Waals surface area (Å²) in [6.45, 7) is 0.173. The van der Waals surface area contributed by atoms with E-state index in [0.29, 0.717) is 10.9 Å². The highest BCUT2D eigenvalue weighted by Gasteiger charge is 2.24. The second-order valence-corrected chi connectivity index (χ2v) is 10.3. The molecule has 0 bridgehead atoms. The number of hydrogen-bond donors (Lipinski definition) is 1. The smallest absolute Gasteiger partial charge is 0.240 e. The molecular formula is C23H28N4O2S. The molecule has 0 atom stereocenters.